The van der Waals surface area contributed by atoms with E-state index in [1.54, 1.807) is 0 Å². The van der Waals surface area contributed by atoms with Gasteiger partial charge in [0.1, 0.15) is 0 Å². The lowest BCUT2D eigenvalue weighted by atomic mass is 9.93. The molecule has 1 rings (SSSR count). The summed E-state index contributed by atoms with van der Waals surface area (Å²) < 4.78 is 0. The minimum absolute atomic E-state index is 0.393. The Kier molecular flexibility index (Phi) is 3.19. The van der Waals surface area contributed by atoms with Crippen molar-refractivity contribution < 1.29 is 0 Å². The Balaban J connectivity index is 2.31. The van der Waals surface area contributed by atoms with Gasteiger partial charge >= 0.3 is 0 Å². The molecule has 0 saturated heterocycles. The molecular weight excluding hydrogens is 134 g/mol. The third-order valence-corrected chi connectivity index (χ3v) is 2.14. The van der Waals surface area contributed by atoms with Crippen LogP contribution in [-0.4, -0.2) is 6.04 Å². The minimum atomic E-state index is 0.393. The van der Waals surface area contributed by atoms with Crippen molar-refractivity contribution in [3.8, 4) is 12.3 Å². The zero-order valence-electron chi connectivity index (χ0n) is 6.84. The first kappa shape index (κ1) is 8.36. The van der Waals surface area contributed by atoms with Gasteiger partial charge in [0.15, 0.2) is 0 Å². The van der Waals surface area contributed by atoms with Gasteiger partial charge in [0, 0.05) is 12.5 Å². The van der Waals surface area contributed by atoms with E-state index in [2.05, 4.69) is 12.0 Å². The average Bonchev–Trinajstić information content (AvgIpc) is 2.04. The summed E-state index contributed by atoms with van der Waals surface area (Å²) in [6, 6.07) is 0.393. The molecule has 1 heteroatoms. The first-order valence-corrected chi connectivity index (χ1v) is 4.20. The van der Waals surface area contributed by atoms with Crippen LogP contribution in [0.4, 0.5) is 0 Å². The highest BCUT2D eigenvalue weighted by atomic mass is 14.6. The normalized spacial score (nSPS) is 24.0. The number of hydrogen-bond acceptors (Lipinski definition) is 1. The van der Waals surface area contributed by atoms with E-state index in [0.29, 0.717) is 6.04 Å². The fourth-order valence-electron chi connectivity index (χ4n) is 1.37. The summed E-state index contributed by atoms with van der Waals surface area (Å²) >= 11 is 0. The van der Waals surface area contributed by atoms with E-state index in [9.17, 15) is 0 Å². The highest BCUT2D eigenvalue weighted by molar-refractivity contribution is 5.09. The standard InChI is InChI=1S/C10H15N/c1-2-3-4-9-5-7-10(11)8-6-9/h1,5,10H,3-4,6-8,11H2. The van der Waals surface area contributed by atoms with Gasteiger partial charge in [-0.05, 0) is 25.7 Å². The van der Waals surface area contributed by atoms with Crippen LogP contribution in [0.5, 0.6) is 0 Å². The second kappa shape index (κ2) is 4.20. The predicted octanol–water partition coefficient (Wildman–Crippen LogP) is 1.84. The molecule has 0 saturated carbocycles. The molecule has 1 aliphatic rings. The molecule has 0 bridgehead atoms. The molecule has 0 amide bonds. The Morgan fingerprint density at radius 1 is 1.73 bits per heavy atom. The zero-order chi connectivity index (χ0) is 8.10. The van der Waals surface area contributed by atoms with Crippen molar-refractivity contribution in [2.45, 2.75) is 38.1 Å². The van der Waals surface area contributed by atoms with Crippen molar-refractivity contribution in [2.24, 2.45) is 5.73 Å². The smallest absolute Gasteiger partial charge is 0.0123 e. The minimum Gasteiger partial charge on any atom is -0.327 e. The molecule has 2 N–H and O–H groups in total. The monoisotopic (exact) mass is 149 g/mol. The summed E-state index contributed by atoms with van der Waals surface area (Å²) in [5.74, 6) is 2.65. The van der Waals surface area contributed by atoms with E-state index in [1.165, 1.54) is 5.57 Å². The maximum Gasteiger partial charge on any atom is 0.0123 e. The summed E-state index contributed by atoms with van der Waals surface area (Å²) in [5.41, 5.74) is 7.25. The van der Waals surface area contributed by atoms with Gasteiger partial charge in [0.05, 0.1) is 0 Å². The second-order valence-electron chi connectivity index (χ2n) is 3.10. The molecule has 0 aromatic heterocycles. The molecule has 0 aliphatic heterocycles. The molecule has 11 heavy (non-hydrogen) atoms. The Hall–Kier alpha value is -0.740. The van der Waals surface area contributed by atoms with E-state index in [4.69, 9.17) is 12.2 Å². The number of nitrogens with two attached hydrogens (primary N) is 1. The van der Waals surface area contributed by atoms with E-state index in [1.807, 2.05) is 0 Å². The van der Waals surface area contributed by atoms with Gasteiger partial charge in [-0.3, -0.25) is 0 Å². The average molecular weight is 149 g/mol. The van der Waals surface area contributed by atoms with Gasteiger partial charge in [0.25, 0.3) is 0 Å². The summed E-state index contributed by atoms with van der Waals surface area (Å²) in [6.07, 6.45) is 12.7. The Bertz CT molecular complexity index is 186. The lowest BCUT2D eigenvalue weighted by Gasteiger charge is -2.17. The van der Waals surface area contributed by atoms with Crippen molar-refractivity contribution in [1.29, 1.82) is 0 Å². The van der Waals surface area contributed by atoms with Crippen molar-refractivity contribution >= 4 is 0 Å². The fraction of sp³-hybridized carbons (Fsp3) is 0.600. The van der Waals surface area contributed by atoms with Gasteiger partial charge in [0.2, 0.25) is 0 Å². The third kappa shape index (κ3) is 2.78. The number of rotatable bonds is 2. The molecule has 60 valence electrons. The van der Waals surface area contributed by atoms with Crippen molar-refractivity contribution in [3.05, 3.63) is 11.6 Å². The molecule has 0 aromatic rings. The van der Waals surface area contributed by atoms with Crippen LogP contribution in [0.2, 0.25) is 0 Å². The third-order valence-electron chi connectivity index (χ3n) is 2.14. The molecule has 0 aromatic carbocycles. The fourth-order valence-corrected chi connectivity index (χ4v) is 1.37. The summed E-state index contributed by atoms with van der Waals surface area (Å²) in [6.45, 7) is 0. The van der Waals surface area contributed by atoms with Crippen LogP contribution in [0.1, 0.15) is 32.1 Å². The summed E-state index contributed by atoms with van der Waals surface area (Å²) in [5, 5.41) is 0. The number of allylic oxidation sites excluding steroid dienone is 1. The SMILES string of the molecule is C#CCCC1=CCC(N)CC1. The number of hydrogen-bond donors (Lipinski definition) is 1. The van der Waals surface area contributed by atoms with Crippen molar-refractivity contribution in [1.82, 2.24) is 0 Å². The van der Waals surface area contributed by atoms with E-state index in [0.717, 1.165) is 32.1 Å². The van der Waals surface area contributed by atoms with Crippen LogP contribution in [0, 0.1) is 12.3 Å². The van der Waals surface area contributed by atoms with Gasteiger partial charge in [-0.2, -0.15) is 0 Å². The van der Waals surface area contributed by atoms with Gasteiger partial charge in [-0.1, -0.05) is 11.6 Å². The maximum absolute atomic E-state index is 5.74. The summed E-state index contributed by atoms with van der Waals surface area (Å²) in [4.78, 5) is 0. The Morgan fingerprint density at radius 3 is 3.09 bits per heavy atom. The van der Waals surface area contributed by atoms with Crippen LogP contribution >= 0.6 is 0 Å². The molecule has 0 fully saturated rings. The zero-order valence-corrected chi connectivity index (χ0v) is 6.84. The molecule has 1 nitrogen and oxygen atoms in total. The van der Waals surface area contributed by atoms with Crippen molar-refractivity contribution in [3.63, 3.8) is 0 Å². The van der Waals surface area contributed by atoms with Gasteiger partial charge in [-0.15, -0.1) is 12.3 Å². The van der Waals surface area contributed by atoms with Gasteiger partial charge in [-0.25, -0.2) is 0 Å². The Labute approximate surface area is 68.7 Å². The molecule has 1 aliphatic carbocycles. The first-order chi connectivity index (χ1) is 5.33. The van der Waals surface area contributed by atoms with E-state index >= 15 is 0 Å². The lowest BCUT2D eigenvalue weighted by Crippen LogP contribution is -2.21. The molecular formula is C10H15N. The maximum atomic E-state index is 5.74. The predicted molar refractivity (Wildman–Crippen MR) is 48.0 cm³/mol. The second-order valence-corrected chi connectivity index (χ2v) is 3.10. The van der Waals surface area contributed by atoms with Gasteiger partial charge < -0.3 is 5.73 Å². The van der Waals surface area contributed by atoms with Crippen LogP contribution in [0.3, 0.4) is 0 Å². The number of terminal acetylenes is 1. The van der Waals surface area contributed by atoms with E-state index < -0.39 is 0 Å². The molecule has 1 unspecified atom stereocenters. The highest BCUT2D eigenvalue weighted by Gasteiger charge is 2.08. The lowest BCUT2D eigenvalue weighted by molar-refractivity contribution is 0.579. The van der Waals surface area contributed by atoms with Crippen LogP contribution in [0.25, 0.3) is 0 Å². The topological polar surface area (TPSA) is 26.0 Å². The Morgan fingerprint density at radius 2 is 2.55 bits per heavy atom. The molecule has 0 radical (unpaired) electrons. The molecule has 0 heterocycles. The van der Waals surface area contributed by atoms with Crippen LogP contribution in [-0.2, 0) is 0 Å². The van der Waals surface area contributed by atoms with Crippen LogP contribution < -0.4 is 5.73 Å². The van der Waals surface area contributed by atoms with Crippen molar-refractivity contribution in [2.75, 3.05) is 0 Å². The largest absolute Gasteiger partial charge is 0.327 e. The van der Waals surface area contributed by atoms with E-state index in [-0.39, 0.29) is 0 Å². The summed E-state index contributed by atoms with van der Waals surface area (Å²) in [7, 11) is 0. The molecule has 1 atom stereocenters. The van der Waals surface area contributed by atoms with Crippen LogP contribution in [0.15, 0.2) is 11.6 Å². The quantitative estimate of drug-likeness (QED) is 0.470. The molecule has 0 spiro atoms. The highest BCUT2D eigenvalue weighted by Crippen LogP contribution is 2.20. The first-order valence-electron chi connectivity index (χ1n) is 4.20.